The lowest BCUT2D eigenvalue weighted by atomic mass is 9.88. The molecule has 0 saturated carbocycles. The van der Waals surface area contributed by atoms with Crippen molar-refractivity contribution in [2.75, 3.05) is 0 Å². The van der Waals surface area contributed by atoms with Crippen LogP contribution in [0, 0.1) is 0 Å². The molecule has 0 heterocycles. The van der Waals surface area contributed by atoms with Crippen LogP contribution in [-0.4, -0.2) is 11.1 Å². The van der Waals surface area contributed by atoms with Gasteiger partial charge >= 0.3 is 6.18 Å². The summed E-state index contributed by atoms with van der Waals surface area (Å²) >= 11 is 0. The molecule has 0 aliphatic carbocycles. The fourth-order valence-electron chi connectivity index (χ4n) is 3.80. The van der Waals surface area contributed by atoms with Gasteiger partial charge in [0.1, 0.15) is 5.75 Å². The van der Waals surface area contributed by atoms with Crippen LogP contribution in [0.4, 0.5) is 13.2 Å². The summed E-state index contributed by atoms with van der Waals surface area (Å²) in [6, 6.07) is 11.3. The molecule has 2 rings (SSSR count). The van der Waals surface area contributed by atoms with Crippen molar-refractivity contribution in [3.63, 3.8) is 0 Å². The summed E-state index contributed by atoms with van der Waals surface area (Å²) < 4.78 is 39.2. The highest BCUT2D eigenvalue weighted by Gasteiger charge is 2.31. The van der Waals surface area contributed by atoms with E-state index in [1.807, 2.05) is 51.1 Å². The molecular formula is C26H32F3NO. The lowest BCUT2D eigenvalue weighted by molar-refractivity contribution is -0.137. The second kappa shape index (κ2) is 10.6. The molecule has 0 spiro atoms. The number of phenolic OH excluding ortho intramolecular Hbond substituents is 1. The Morgan fingerprint density at radius 3 is 2.16 bits per heavy atom. The van der Waals surface area contributed by atoms with Gasteiger partial charge in [-0.2, -0.15) is 13.2 Å². The fraction of sp³-hybridized carbons (Fsp3) is 0.385. The van der Waals surface area contributed by atoms with E-state index in [0.29, 0.717) is 11.6 Å². The maximum absolute atomic E-state index is 13.1. The van der Waals surface area contributed by atoms with E-state index in [-0.39, 0.29) is 5.75 Å². The largest absolute Gasteiger partial charge is 0.507 e. The van der Waals surface area contributed by atoms with Crippen LogP contribution in [-0.2, 0) is 6.18 Å². The zero-order chi connectivity index (χ0) is 23.2. The maximum atomic E-state index is 13.1. The van der Waals surface area contributed by atoms with E-state index < -0.39 is 11.7 Å². The Balaban J connectivity index is 2.60. The van der Waals surface area contributed by atoms with Crippen molar-refractivity contribution in [1.82, 2.24) is 5.32 Å². The van der Waals surface area contributed by atoms with Gasteiger partial charge in [0.2, 0.25) is 0 Å². The van der Waals surface area contributed by atoms with Gasteiger partial charge in [-0.15, -0.1) is 0 Å². The maximum Gasteiger partial charge on any atom is 0.416 e. The predicted octanol–water partition coefficient (Wildman–Crippen LogP) is 7.78. The standard InChI is InChI=1S/C26H32F3NO/c1-6-11-19(7-2)30-23(8-3)20-12-9-10-13-21(20)25(17(4)5)22-15-14-18(16-24(22)31)26(27,28)29/h8-10,12-16,19,30-31H,6-7,11H2,1-5H3/b23-8+. The third-order valence-corrected chi connectivity index (χ3v) is 5.36. The van der Waals surface area contributed by atoms with E-state index in [9.17, 15) is 18.3 Å². The quantitative estimate of drug-likeness (QED) is 0.447. The van der Waals surface area contributed by atoms with Gasteiger partial charge in [0, 0.05) is 22.9 Å². The molecule has 0 saturated heterocycles. The molecule has 0 amide bonds. The number of halogens is 3. The molecule has 1 atom stereocenters. The lowest BCUT2D eigenvalue weighted by Gasteiger charge is -2.23. The molecule has 31 heavy (non-hydrogen) atoms. The Kier molecular flexibility index (Phi) is 8.37. The smallest absolute Gasteiger partial charge is 0.416 e. The first-order valence-corrected chi connectivity index (χ1v) is 10.7. The van der Waals surface area contributed by atoms with Crippen LogP contribution < -0.4 is 5.32 Å². The first kappa shape index (κ1) is 24.6. The van der Waals surface area contributed by atoms with Crippen molar-refractivity contribution in [1.29, 1.82) is 0 Å². The first-order chi connectivity index (χ1) is 14.6. The van der Waals surface area contributed by atoms with Crippen molar-refractivity contribution in [3.8, 4) is 5.75 Å². The minimum Gasteiger partial charge on any atom is -0.507 e. The molecule has 2 nitrogen and oxygen atoms in total. The molecular weight excluding hydrogens is 399 g/mol. The predicted molar refractivity (Wildman–Crippen MR) is 123 cm³/mol. The summed E-state index contributed by atoms with van der Waals surface area (Å²) in [4.78, 5) is 0. The highest BCUT2D eigenvalue weighted by molar-refractivity contribution is 5.90. The van der Waals surface area contributed by atoms with Crippen LogP contribution in [0.3, 0.4) is 0 Å². The van der Waals surface area contributed by atoms with Crippen LogP contribution in [0.25, 0.3) is 11.3 Å². The summed E-state index contributed by atoms with van der Waals surface area (Å²) in [7, 11) is 0. The van der Waals surface area contributed by atoms with Crippen LogP contribution in [0.15, 0.2) is 54.1 Å². The van der Waals surface area contributed by atoms with Gasteiger partial charge in [-0.05, 0) is 56.9 Å². The number of benzene rings is 2. The summed E-state index contributed by atoms with van der Waals surface area (Å²) in [6.07, 6.45) is 0.623. The number of rotatable bonds is 8. The third-order valence-electron chi connectivity index (χ3n) is 5.36. The molecule has 0 radical (unpaired) electrons. The molecule has 168 valence electrons. The number of phenols is 1. The van der Waals surface area contributed by atoms with Gasteiger partial charge in [0.25, 0.3) is 0 Å². The Labute approximate surface area is 183 Å². The number of aromatic hydroxyl groups is 1. The van der Waals surface area contributed by atoms with E-state index in [4.69, 9.17) is 0 Å². The summed E-state index contributed by atoms with van der Waals surface area (Å²) in [6.45, 7) is 10.1. The van der Waals surface area contributed by atoms with Crippen molar-refractivity contribution < 1.29 is 18.3 Å². The number of hydrogen-bond donors (Lipinski definition) is 2. The first-order valence-electron chi connectivity index (χ1n) is 10.7. The molecule has 2 N–H and O–H groups in total. The highest BCUT2D eigenvalue weighted by atomic mass is 19.4. The van der Waals surface area contributed by atoms with Gasteiger partial charge in [-0.3, -0.25) is 0 Å². The van der Waals surface area contributed by atoms with E-state index in [2.05, 4.69) is 19.2 Å². The average molecular weight is 432 g/mol. The molecule has 0 aromatic heterocycles. The fourth-order valence-corrected chi connectivity index (χ4v) is 3.80. The number of hydrogen-bond acceptors (Lipinski definition) is 2. The van der Waals surface area contributed by atoms with E-state index in [1.54, 1.807) is 0 Å². The van der Waals surface area contributed by atoms with Crippen LogP contribution in [0.2, 0.25) is 0 Å². The van der Waals surface area contributed by atoms with Crippen LogP contribution in [0.1, 0.15) is 76.1 Å². The van der Waals surface area contributed by atoms with Gasteiger partial charge in [-0.25, -0.2) is 0 Å². The Morgan fingerprint density at radius 2 is 1.68 bits per heavy atom. The summed E-state index contributed by atoms with van der Waals surface area (Å²) in [5, 5.41) is 14.1. The topological polar surface area (TPSA) is 32.3 Å². The number of alkyl halides is 3. The van der Waals surface area contributed by atoms with Gasteiger partial charge in [0.05, 0.1) is 5.56 Å². The zero-order valence-electron chi connectivity index (χ0n) is 18.9. The molecule has 0 aliphatic rings. The number of nitrogens with one attached hydrogen (secondary N) is 1. The molecule has 2 aromatic rings. The van der Waals surface area contributed by atoms with Crippen molar-refractivity contribution >= 4 is 11.3 Å². The van der Waals surface area contributed by atoms with E-state index in [0.717, 1.165) is 59.4 Å². The van der Waals surface area contributed by atoms with Gasteiger partial charge in [0.15, 0.2) is 0 Å². The van der Waals surface area contributed by atoms with Crippen molar-refractivity contribution in [3.05, 3.63) is 76.4 Å². The molecule has 1 unspecified atom stereocenters. The van der Waals surface area contributed by atoms with Crippen molar-refractivity contribution in [2.24, 2.45) is 0 Å². The minimum absolute atomic E-state index is 0.332. The van der Waals surface area contributed by atoms with Crippen molar-refractivity contribution in [2.45, 2.75) is 66.1 Å². The van der Waals surface area contributed by atoms with Crippen LogP contribution in [0.5, 0.6) is 5.75 Å². The van der Waals surface area contributed by atoms with Crippen LogP contribution >= 0.6 is 0 Å². The monoisotopic (exact) mass is 431 g/mol. The lowest BCUT2D eigenvalue weighted by Crippen LogP contribution is -2.27. The summed E-state index contributed by atoms with van der Waals surface area (Å²) in [5.41, 5.74) is 3.94. The Morgan fingerprint density at radius 1 is 1.03 bits per heavy atom. The van der Waals surface area contributed by atoms with E-state index >= 15 is 0 Å². The second-order valence-corrected chi connectivity index (χ2v) is 7.89. The Bertz CT molecular complexity index is 953. The zero-order valence-corrected chi connectivity index (χ0v) is 18.9. The minimum atomic E-state index is -4.50. The molecule has 0 aliphatic heterocycles. The third kappa shape index (κ3) is 5.93. The van der Waals surface area contributed by atoms with Gasteiger partial charge < -0.3 is 10.4 Å². The second-order valence-electron chi connectivity index (χ2n) is 7.89. The molecule has 5 heteroatoms. The van der Waals surface area contributed by atoms with Gasteiger partial charge in [-0.1, -0.05) is 62.2 Å². The Hall–Kier alpha value is -2.69. The SMILES string of the molecule is C/C=C(/NC(CC)CCC)c1ccccc1C(=C(C)C)c1ccc(C(F)(F)F)cc1O. The normalized spacial score (nSPS) is 13.1. The summed E-state index contributed by atoms with van der Waals surface area (Å²) in [5.74, 6) is -0.381. The molecule has 0 bridgehead atoms. The average Bonchev–Trinajstić information content (AvgIpc) is 2.72. The highest BCUT2D eigenvalue weighted by Crippen LogP contribution is 2.39. The molecule has 0 fully saturated rings. The van der Waals surface area contributed by atoms with E-state index in [1.165, 1.54) is 6.07 Å². The molecule has 2 aromatic carbocycles. The number of allylic oxidation sites excluding steroid dienone is 2.